The lowest BCUT2D eigenvalue weighted by Crippen LogP contribution is -1.98. The van der Waals surface area contributed by atoms with Crippen molar-refractivity contribution < 1.29 is 39.4 Å². The van der Waals surface area contributed by atoms with Crippen molar-refractivity contribution in [1.82, 2.24) is 0 Å². The Morgan fingerprint density at radius 1 is 0.398 bits per heavy atom. The van der Waals surface area contributed by atoms with Crippen LogP contribution in [0.15, 0.2) is 151 Å². The van der Waals surface area contributed by atoms with Crippen molar-refractivity contribution in [3.8, 4) is 24.7 Å². The molecule has 1 N–H and O–H groups in total. The highest BCUT2D eigenvalue weighted by Gasteiger charge is 1.99. The van der Waals surface area contributed by atoms with Gasteiger partial charge in [-0.1, -0.05) is 231 Å². The number of unbranched alkanes of at least 4 members (excludes halogenated alkanes) is 2. The smallest absolute Gasteiger partial charge is 0.302 e. The Bertz CT molecular complexity index is 2460. The van der Waals surface area contributed by atoms with Gasteiger partial charge in [-0.05, 0) is 251 Å². The van der Waals surface area contributed by atoms with Crippen LogP contribution in [0.4, 0.5) is 0 Å². The summed E-state index contributed by atoms with van der Waals surface area (Å²) in [5.41, 5.74) is 18.1. The van der Waals surface area contributed by atoms with E-state index in [0.29, 0.717) is 55.0 Å². The monoisotopic (exact) mass is 1560 g/mol. The maximum atomic E-state index is 10.5. The van der Waals surface area contributed by atoms with Crippen LogP contribution in [0.5, 0.6) is 0 Å². The van der Waals surface area contributed by atoms with Gasteiger partial charge in [0, 0.05) is 56.7 Å². The molecular weight excluding hydrogens is 1390 g/mol. The van der Waals surface area contributed by atoms with E-state index in [4.69, 9.17) is 64.4 Å². The first kappa shape index (κ1) is 121. The van der Waals surface area contributed by atoms with Crippen LogP contribution in [-0.2, 0) is 32.8 Å². The van der Waals surface area contributed by atoms with E-state index in [-0.39, 0.29) is 43.7 Å². The van der Waals surface area contributed by atoms with Crippen LogP contribution in [0.2, 0.25) is 0 Å². The fraction of sp³-hybridized carbons (Fsp3) is 0.640. The van der Waals surface area contributed by atoms with Crippen molar-refractivity contribution in [1.29, 1.82) is 0 Å². The molecule has 0 fully saturated rings. The molecule has 4 atom stereocenters. The Hall–Kier alpha value is -3.02. The number of carbonyl (C=O) groups excluding carboxylic acids is 2. The molecule has 0 saturated carbocycles. The molecule has 0 bridgehead atoms. The van der Waals surface area contributed by atoms with Crippen LogP contribution < -0.4 is 0 Å². The quantitative estimate of drug-likeness (QED) is 0.0122. The van der Waals surface area contributed by atoms with Crippen LogP contribution in [-0.4, -0.2) is 82.0 Å². The molecule has 8 nitrogen and oxygen atoms in total. The second kappa shape index (κ2) is 99.0. The zero-order valence-electron chi connectivity index (χ0n) is 65.9. The standard InChI is InChI=1S/C15H23ClO.C15H26O2P2.C15H26O.C14H22O3.C13H23Cl.C13H26OP2.4CH4.H2/c1-4-12-17-13-6-9-14(2)7-5-8-15(3)10-11-16;1-4-11-16-12-6-9-14(2)7-5-8-15(3)10-13-17-19-18;1-13(2)7-5-8-14(3)9-6-10-15(4)11-12-16;1-12(8-5-10-15)6-4-7-13(2)9-11-17-14(3)16;1-4-5-7-12(2)8-6-9-13(3)10-11-14;1-4-5-7-12(2)8-6-9-13(3)10-11-14-16-15;;;;;/h1,7,10H,5-6,8-9,11-13H2,2-3H3;1,7,10,19H,5-6,8-9,11-13,18H2,2-3H3;7,9,11,16H,5-6,8,10,12H2,1-4H3;6,9-10H,4-5,7-8,11H2,1-3H3;8,10H,4-7,9,11H2,1-3H3;8,10,16H,4-7,9,11,15H2,1-3H3;4*1H4;1H/b2*14-7+,15-10+;14-9+,15-11+;12-6+,13-9+;2*12-8+,13-10+;;;;;/i;;;;;;;;;;1+1. The van der Waals surface area contributed by atoms with E-state index in [1.54, 1.807) is 0 Å². The molecule has 0 heterocycles. The van der Waals surface area contributed by atoms with E-state index < -0.39 is 0 Å². The number of ether oxygens (including phenoxy) is 3. The first-order valence-corrected chi connectivity index (χ1v) is 42.9. The first-order chi connectivity index (χ1) is 47.4. The highest BCUT2D eigenvalue weighted by molar-refractivity contribution is 8.00. The molecule has 0 aromatic carbocycles. The van der Waals surface area contributed by atoms with E-state index >= 15 is 0 Å². The molecule has 0 aliphatic rings. The molecule has 0 saturated heterocycles. The summed E-state index contributed by atoms with van der Waals surface area (Å²) in [4.78, 5) is 20.7. The van der Waals surface area contributed by atoms with Gasteiger partial charge in [0.2, 0.25) is 0 Å². The molecule has 0 aliphatic carbocycles. The van der Waals surface area contributed by atoms with Gasteiger partial charge in [-0.15, -0.1) is 36.0 Å². The van der Waals surface area contributed by atoms with E-state index in [2.05, 4.69) is 193 Å². The molecule has 4 unspecified atom stereocenters. The first-order valence-electron chi connectivity index (χ1n) is 36.4. The fourth-order valence-corrected chi connectivity index (χ4v) is 10.1. The van der Waals surface area contributed by atoms with Crippen molar-refractivity contribution in [2.24, 2.45) is 0 Å². The Kier molecular flexibility index (Phi) is 116. The second-order valence-corrected chi connectivity index (χ2v) is 28.5. The summed E-state index contributed by atoms with van der Waals surface area (Å²) >= 11 is 11.2. The predicted molar refractivity (Wildman–Crippen MR) is 483 cm³/mol. The average Bonchev–Trinajstić information content (AvgIpc) is 1.23. The van der Waals surface area contributed by atoms with Crippen molar-refractivity contribution in [2.45, 2.75) is 314 Å². The summed E-state index contributed by atoms with van der Waals surface area (Å²) < 4.78 is 25.9. The molecule has 0 radical (unpaired) electrons. The summed E-state index contributed by atoms with van der Waals surface area (Å²) in [6.45, 7) is 40.3. The number of hydrogen-bond donors (Lipinski definition) is 1. The van der Waals surface area contributed by atoms with Gasteiger partial charge >= 0.3 is 5.97 Å². The molecular formula is C89H164Cl2O8P4. The topological polar surface area (TPSA) is 101 Å². The zero-order chi connectivity index (χ0) is 75.8. The molecule has 0 aromatic rings. The van der Waals surface area contributed by atoms with Crippen molar-refractivity contribution >= 4 is 70.3 Å². The lowest BCUT2D eigenvalue weighted by Gasteiger charge is -2.03. The van der Waals surface area contributed by atoms with Gasteiger partial charge in [-0.3, -0.25) is 4.79 Å². The number of aliphatic hydroxyl groups is 1. The van der Waals surface area contributed by atoms with Gasteiger partial charge in [-0.2, -0.15) is 0 Å². The summed E-state index contributed by atoms with van der Waals surface area (Å²) in [5, 5.41) is 8.72. The average molecular weight is 1560 g/mol. The van der Waals surface area contributed by atoms with Crippen LogP contribution >= 0.6 is 58.1 Å². The van der Waals surface area contributed by atoms with E-state index in [1.165, 1.54) is 124 Å². The van der Waals surface area contributed by atoms with Gasteiger partial charge in [0.25, 0.3) is 0 Å². The number of aliphatic hydroxyl groups excluding tert-OH is 1. The largest absolute Gasteiger partial charge is 0.462 e. The van der Waals surface area contributed by atoms with E-state index in [0.717, 1.165) is 148 Å². The summed E-state index contributed by atoms with van der Waals surface area (Å²) in [6, 6.07) is 0. The number of rotatable bonds is 51. The molecule has 0 rings (SSSR count). The van der Waals surface area contributed by atoms with Crippen LogP contribution in [0.25, 0.3) is 0 Å². The summed E-state index contributed by atoms with van der Waals surface area (Å²) in [6.07, 6.45) is 68.4. The third-order valence-electron chi connectivity index (χ3n) is 15.1. The third kappa shape index (κ3) is 115. The number of terminal acetylenes is 2. The van der Waals surface area contributed by atoms with Gasteiger partial charge in [0.05, 0.1) is 19.8 Å². The van der Waals surface area contributed by atoms with E-state index in [1.807, 2.05) is 26.0 Å². The molecule has 14 heteroatoms. The zero-order valence-corrected chi connectivity index (χ0v) is 71.7. The lowest BCUT2D eigenvalue weighted by atomic mass is 10.1. The second-order valence-electron chi connectivity index (χ2n) is 25.4. The lowest BCUT2D eigenvalue weighted by molar-refractivity contribution is -0.139. The minimum Gasteiger partial charge on any atom is -0.462 e. The number of halogens is 2. The molecule has 0 spiro atoms. The minimum atomic E-state index is -0.251. The van der Waals surface area contributed by atoms with Crippen LogP contribution in [0.3, 0.4) is 0 Å². The van der Waals surface area contributed by atoms with Crippen molar-refractivity contribution in [3.63, 3.8) is 0 Å². The summed E-state index contributed by atoms with van der Waals surface area (Å²) in [5.74, 6) is 5.93. The maximum absolute atomic E-state index is 10.5. The normalized spacial score (nSPS) is 12.5. The van der Waals surface area contributed by atoms with Gasteiger partial charge in [0.15, 0.2) is 0 Å². The molecule has 0 amide bonds. The van der Waals surface area contributed by atoms with Gasteiger partial charge in [-0.25, -0.2) is 0 Å². The van der Waals surface area contributed by atoms with E-state index in [9.17, 15) is 9.59 Å². The minimum absolute atomic E-state index is 0. The highest BCUT2D eigenvalue weighted by atomic mass is 35.5. The maximum Gasteiger partial charge on any atom is 0.302 e. The predicted octanol–water partition coefficient (Wildman–Crippen LogP) is 29.5. The third-order valence-corrected chi connectivity index (χ3v) is 17.1. The number of aldehydes is 1. The Morgan fingerprint density at radius 3 is 0.922 bits per heavy atom. The number of esters is 1. The summed E-state index contributed by atoms with van der Waals surface area (Å²) in [7, 11) is 6.18. The molecule has 0 aliphatic heterocycles. The van der Waals surface area contributed by atoms with Crippen molar-refractivity contribution in [2.75, 3.05) is 64.6 Å². The van der Waals surface area contributed by atoms with Crippen LogP contribution in [0.1, 0.15) is 316 Å². The number of hydrogen-bond acceptors (Lipinski definition) is 8. The number of alkyl halides is 2. The molecule has 602 valence electrons. The highest BCUT2D eigenvalue weighted by Crippen LogP contribution is 2.23. The Labute approximate surface area is 660 Å². The molecule has 103 heavy (non-hydrogen) atoms. The van der Waals surface area contributed by atoms with Gasteiger partial charge in [0.1, 0.15) is 26.1 Å². The number of carbonyl (C=O) groups is 2. The molecule has 0 aromatic heterocycles. The van der Waals surface area contributed by atoms with Crippen LogP contribution in [0, 0.1) is 24.7 Å². The fourth-order valence-electron chi connectivity index (χ4n) is 8.64. The number of allylic oxidation sites excluding steroid dienone is 22. The van der Waals surface area contributed by atoms with Gasteiger partial charge < -0.3 is 33.2 Å². The SMILES string of the molecule is C.C.C.C.C#CCOCCC/C(C)=C/CC/C(C)=C/CCl.C#CCOCCC/C(C)=C/CC/C(C)=C/COPP.CC(=O)OC/C=C(\C)CC/C=C(\C)CCC=O.CC(C)=CCC/C(C)=C/CC/C(C)=C/CO.CCCC/C(C)=C/CC/C(C)=C/CCl.CCCC/C(C)=C/CC/C(C)=C/COPP.[2HH]. The Balaban J connectivity index is -0.000000110. The van der Waals surface area contributed by atoms with Crippen molar-refractivity contribution in [3.05, 3.63) is 151 Å². The Morgan fingerprint density at radius 2 is 0.660 bits per heavy atom.